The summed E-state index contributed by atoms with van der Waals surface area (Å²) in [5.41, 5.74) is 0.540. The third-order valence-corrected chi connectivity index (χ3v) is 3.14. The average Bonchev–Trinajstić information content (AvgIpc) is 2.65. The molecule has 0 spiro atoms. The molecule has 0 aromatic carbocycles. The minimum absolute atomic E-state index is 0.182. The summed E-state index contributed by atoms with van der Waals surface area (Å²) in [6, 6.07) is 2.23. The van der Waals surface area contributed by atoms with Crippen LogP contribution in [0.1, 0.15) is 12.8 Å². The van der Waals surface area contributed by atoms with Gasteiger partial charge in [-0.15, -0.1) is 0 Å². The van der Waals surface area contributed by atoms with Gasteiger partial charge in [-0.1, -0.05) is 17.7 Å². The molecular formula is C11H11ClN2O. The molecule has 1 aliphatic heterocycles. The fraction of sp³-hybridized carbons (Fsp3) is 0.455. The lowest BCUT2D eigenvalue weighted by Gasteiger charge is -2.25. The number of nitrogens with zero attached hydrogens (tertiary/aromatic N) is 2. The molecule has 0 aromatic heterocycles. The zero-order chi connectivity index (χ0) is 10.8. The highest BCUT2D eigenvalue weighted by atomic mass is 35.5. The quantitative estimate of drug-likeness (QED) is 0.677. The second-order valence-electron chi connectivity index (χ2n) is 3.81. The average molecular weight is 223 g/mol. The van der Waals surface area contributed by atoms with Gasteiger partial charge in [0, 0.05) is 19.0 Å². The largest absolute Gasteiger partial charge is 0.298 e. The maximum absolute atomic E-state index is 11.1. The highest BCUT2D eigenvalue weighted by Gasteiger charge is 2.26. The molecule has 1 heterocycles. The van der Waals surface area contributed by atoms with Gasteiger partial charge in [0.05, 0.1) is 17.2 Å². The molecule has 1 aliphatic carbocycles. The molecular weight excluding hydrogens is 212 g/mol. The Kier molecular flexibility index (Phi) is 2.90. The molecule has 4 heteroatoms. The third-order valence-electron chi connectivity index (χ3n) is 2.81. The van der Waals surface area contributed by atoms with Gasteiger partial charge in [0.2, 0.25) is 0 Å². The number of hydrogen-bond acceptors (Lipinski definition) is 3. The van der Waals surface area contributed by atoms with Crippen molar-refractivity contribution in [3.63, 3.8) is 0 Å². The molecule has 0 bridgehead atoms. The summed E-state index contributed by atoms with van der Waals surface area (Å²) in [5, 5.41) is 9.25. The van der Waals surface area contributed by atoms with Crippen LogP contribution in [0.3, 0.4) is 0 Å². The first-order valence-electron chi connectivity index (χ1n) is 4.94. The van der Waals surface area contributed by atoms with Gasteiger partial charge in [-0.2, -0.15) is 5.26 Å². The topological polar surface area (TPSA) is 44.1 Å². The number of hydrogen-bond donors (Lipinski definition) is 0. The summed E-state index contributed by atoms with van der Waals surface area (Å²) < 4.78 is 0. The zero-order valence-corrected chi connectivity index (χ0v) is 9.00. The Balaban J connectivity index is 2.07. The van der Waals surface area contributed by atoms with E-state index in [1.165, 1.54) is 0 Å². The Morgan fingerprint density at radius 1 is 1.60 bits per heavy atom. The SMILES string of the molecule is N#CC1=CCC(N2CCC(=O)C2)C=C1Cl. The molecule has 0 amide bonds. The molecule has 1 saturated heterocycles. The van der Waals surface area contributed by atoms with Gasteiger partial charge in [-0.05, 0) is 12.5 Å². The fourth-order valence-electron chi connectivity index (χ4n) is 1.95. The van der Waals surface area contributed by atoms with E-state index >= 15 is 0 Å². The van der Waals surface area contributed by atoms with Crippen LogP contribution in [0.4, 0.5) is 0 Å². The van der Waals surface area contributed by atoms with Crippen molar-refractivity contribution >= 4 is 17.4 Å². The molecule has 1 atom stereocenters. The van der Waals surface area contributed by atoms with E-state index in [2.05, 4.69) is 4.90 Å². The van der Waals surface area contributed by atoms with E-state index in [4.69, 9.17) is 16.9 Å². The highest BCUT2D eigenvalue weighted by Crippen LogP contribution is 2.25. The van der Waals surface area contributed by atoms with Gasteiger partial charge in [0.15, 0.2) is 0 Å². The van der Waals surface area contributed by atoms with Crippen LogP contribution in [0.2, 0.25) is 0 Å². The molecule has 1 unspecified atom stereocenters. The van der Waals surface area contributed by atoms with Crippen LogP contribution in [-0.2, 0) is 4.79 Å². The molecule has 2 rings (SSSR count). The monoisotopic (exact) mass is 222 g/mol. The number of carbonyl (C=O) groups is 1. The van der Waals surface area contributed by atoms with E-state index in [0.717, 1.165) is 13.0 Å². The van der Waals surface area contributed by atoms with Crippen LogP contribution in [0.15, 0.2) is 22.8 Å². The zero-order valence-electron chi connectivity index (χ0n) is 8.24. The van der Waals surface area contributed by atoms with Crippen molar-refractivity contribution in [2.45, 2.75) is 18.9 Å². The van der Waals surface area contributed by atoms with Crippen molar-refractivity contribution < 1.29 is 4.79 Å². The first-order valence-corrected chi connectivity index (χ1v) is 5.32. The van der Waals surface area contributed by atoms with Crippen molar-refractivity contribution in [3.8, 4) is 6.07 Å². The van der Waals surface area contributed by atoms with Crippen LogP contribution in [-0.4, -0.2) is 29.8 Å². The molecule has 0 radical (unpaired) electrons. The van der Waals surface area contributed by atoms with Gasteiger partial charge < -0.3 is 0 Å². The Bertz CT molecular complexity index is 392. The number of halogens is 1. The minimum atomic E-state index is 0.182. The lowest BCUT2D eigenvalue weighted by Crippen LogP contribution is -2.32. The van der Waals surface area contributed by atoms with Crippen molar-refractivity contribution in [2.24, 2.45) is 0 Å². The minimum Gasteiger partial charge on any atom is -0.298 e. The number of likely N-dealkylation sites (tertiary alicyclic amines) is 1. The Hall–Kier alpha value is -1.11. The summed E-state index contributed by atoms with van der Waals surface area (Å²) in [5.74, 6) is 0.287. The normalized spacial score (nSPS) is 27.2. The molecule has 78 valence electrons. The van der Waals surface area contributed by atoms with Crippen molar-refractivity contribution in [3.05, 3.63) is 22.8 Å². The first-order chi connectivity index (χ1) is 7.20. The number of nitriles is 1. The lowest BCUT2D eigenvalue weighted by atomic mass is 10.0. The Labute approximate surface area is 93.6 Å². The van der Waals surface area contributed by atoms with E-state index in [-0.39, 0.29) is 11.8 Å². The predicted molar refractivity (Wildman–Crippen MR) is 57.2 cm³/mol. The second-order valence-corrected chi connectivity index (χ2v) is 4.21. The van der Waals surface area contributed by atoms with Gasteiger partial charge in [0.1, 0.15) is 11.9 Å². The molecule has 0 N–H and O–H groups in total. The molecule has 0 aromatic rings. The predicted octanol–water partition coefficient (Wildman–Crippen LogP) is 1.61. The Morgan fingerprint density at radius 3 is 2.93 bits per heavy atom. The van der Waals surface area contributed by atoms with Gasteiger partial charge in [-0.25, -0.2) is 0 Å². The molecule has 3 nitrogen and oxygen atoms in total. The van der Waals surface area contributed by atoms with E-state index in [0.29, 0.717) is 23.6 Å². The Morgan fingerprint density at radius 2 is 2.40 bits per heavy atom. The lowest BCUT2D eigenvalue weighted by molar-refractivity contribution is -0.117. The van der Waals surface area contributed by atoms with Crippen molar-refractivity contribution in [1.29, 1.82) is 5.26 Å². The third kappa shape index (κ3) is 2.11. The van der Waals surface area contributed by atoms with E-state index in [9.17, 15) is 4.79 Å². The molecule has 2 aliphatic rings. The van der Waals surface area contributed by atoms with Crippen molar-refractivity contribution in [1.82, 2.24) is 4.90 Å². The van der Waals surface area contributed by atoms with Gasteiger partial charge in [0.25, 0.3) is 0 Å². The number of carbonyl (C=O) groups excluding carboxylic acids is 1. The number of ketones is 1. The van der Waals surface area contributed by atoms with Crippen LogP contribution >= 0.6 is 11.6 Å². The summed E-state index contributed by atoms with van der Waals surface area (Å²) in [6.07, 6.45) is 5.12. The van der Waals surface area contributed by atoms with Gasteiger partial charge in [-0.3, -0.25) is 9.69 Å². The summed E-state index contributed by atoms with van der Waals surface area (Å²) >= 11 is 5.95. The van der Waals surface area contributed by atoms with E-state index in [1.54, 1.807) is 0 Å². The van der Waals surface area contributed by atoms with Crippen LogP contribution < -0.4 is 0 Å². The molecule has 0 saturated carbocycles. The maximum atomic E-state index is 11.1. The molecule has 1 fully saturated rings. The summed E-state index contributed by atoms with van der Waals surface area (Å²) in [4.78, 5) is 13.2. The number of Topliss-reactive ketones (excluding diaryl/α,β-unsaturated/α-hetero) is 1. The fourth-order valence-corrected chi connectivity index (χ4v) is 2.22. The highest BCUT2D eigenvalue weighted by molar-refractivity contribution is 6.32. The first kappa shape index (κ1) is 10.4. The summed E-state index contributed by atoms with van der Waals surface area (Å²) in [6.45, 7) is 1.32. The number of rotatable bonds is 1. The van der Waals surface area contributed by atoms with E-state index < -0.39 is 0 Å². The second kappa shape index (κ2) is 4.18. The van der Waals surface area contributed by atoms with Crippen LogP contribution in [0.5, 0.6) is 0 Å². The summed E-state index contributed by atoms with van der Waals surface area (Å²) in [7, 11) is 0. The maximum Gasteiger partial charge on any atom is 0.148 e. The van der Waals surface area contributed by atoms with Crippen LogP contribution in [0.25, 0.3) is 0 Å². The smallest absolute Gasteiger partial charge is 0.148 e. The standard InChI is InChI=1S/C11H11ClN2O/c12-11-5-9(2-1-8(11)6-13)14-4-3-10(15)7-14/h1,5,9H,2-4,7H2. The van der Waals surface area contributed by atoms with Crippen molar-refractivity contribution in [2.75, 3.05) is 13.1 Å². The molecule has 15 heavy (non-hydrogen) atoms. The number of allylic oxidation sites excluding steroid dienone is 2. The van der Waals surface area contributed by atoms with Gasteiger partial charge >= 0.3 is 0 Å². The van der Waals surface area contributed by atoms with Crippen LogP contribution in [0, 0.1) is 11.3 Å². The van der Waals surface area contributed by atoms with E-state index in [1.807, 2.05) is 18.2 Å².